The van der Waals surface area contributed by atoms with E-state index in [1.165, 1.54) is 12.1 Å². The van der Waals surface area contributed by atoms with Gasteiger partial charge in [-0.1, -0.05) is 11.6 Å². The highest BCUT2D eigenvalue weighted by molar-refractivity contribution is 14.1. The van der Waals surface area contributed by atoms with Crippen LogP contribution in [-0.2, 0) is 0 Å². The van der Waals surface area contributed by atoms with Gasteiger partial charge in [0.25, 0.3) is 5.91 Å². The second kappa shape index (κ2) is 7.06. The van der Waals surface area contributed by atoms with Crippen molar-refractivity contribution in [2.24, 2.45) is 0 Å². The molecule has 0 aromatic heterocycles. The van der Waals surface area contributed by atoms with Crippen molar-refractivity contribution in [1.29, 1.82) is 0 Å². The molecule has 0 bridgehead atoms. The minimum Gasteiger partial charge on any atom is -0.333 e. The highest BCUT2D eigenvalue weighted by Crippen LogP contribution is 2.24. The smallest absolute Gasteiger partial charge is 0.255 e. The molecule has 0 unspecified atom stereocenters. The van der Waals surface area contributed by atoms with Gasteiger partial charge in [0.15, 0.2) is 0 Å². The van der Waals surface area contributed by atoms with Gasteiger partial charge in [0.05, 0.1) is 10.6 Å². The van der Waals surface area contributed by atoms with Crippen LogP contribution in [0, 0.1) is 9.39 Å². The first kappa shape index (κ1) is 16.9. The maximum Gasteiger partial charge on any atom is 0.255 e. The molecule has 1 fully saturated rings. The summed E-state index contributed by atoms with van der Waals surface area (Å²) in [6, 6.07) is 2.82. The van der Waals surface area contributed by atoms with E-state index in [2.05, 4.69) is 5.32 Å². The maximum absolute atomic E-state index is 13.3. The predicted molar refractivity (Wildman–Crippen MR) is 84.7 cm³/mol. The Hall–Kier alpha value is -0.110. The van der Waals surface area contributed by atoms with Crippen molar-refractivity contribution in [1.82, 2.24) is 10.2 Å². The number of hydrogen-bond donors (Lipinski definition) is 1. The predicted octanol–water partition coefficient (Wildman–Crippen LogP) is 2.94. The van der Waals surface area contributed by atoms with E-state index in [-0.39, 0.29) is 29.4 Å². The fraction of sp³-hybridized carbons (Fsp3) is 0.417. The van der Waals surface area contributed by atoms with Crippen LogP contribution in [0.5, 0.6) is 0 Å². The molecule has 1 aliphatic heterocycles. The van der Waals surface area contributed by atoms with Crippen LogP contribution in [0.2, 0.25) is 5.02 Å². The van der Waals surface area contributed by atoms with Crippen LogP contribution in [0.4, 0.5) is 4.39 Å². The molecule has 0 radical (unpaired) electrons. The fourth-order valence-corrected chi connectivity index (χ4v) is 2.68. The molecule has 7 heteroatoms. The van der Waals surface area contributed by atoms with E-state index >= 15 is 0 Å². The van der Waals surface area contributed by atoms with E-state index in [1.807, 2.05) is 29.5 Å². The molecule has 1 aromatic rings. The van der Waals surface area contributed by atoms with Crippen LogP contribution in [0.15, 0.2) is 12.1 Å². The molecule has 106 valence electrons. The fourth-order valence-electron chi connectivity index (χ4n) is 1.98. The summed E-state index contributed by atoms with van der Waals surface area (Å²) in [5.41, 5.74) is 0.371. The van der Waals surface area contributed by atoms with Gasteiger partial charge < -0.3 is 10.2 Å². The molecule has 3 nitrogen and oxygen atoms in total. The summed E-state index contributed by atoms with van der Waals surface area (Å²) in [4.78, 5) is 14.2. The average Bonchev–Trinajstić information content (AvgIpc) is 2.33. The summed E-state index contributed by atoms with van der Waals surface area (Å²) >= 11 is 7.82. The summed E-state index contributed by atoms with van der Waals surface area (Å²) in [7, 11) is 0. The zero-order chi connectivity index (χ0) is 13.3. The van der Waals surface area contributed by atoms with Crippen LogP contribution < -0.4 is 5.32 Å². The van der Waals surface area contributed by atoms with Crippen molar-refractivity contribution in [2.45, 2.75) is 13.0 Å². The molecule has 1 atom stereocenters. The summed E-state index contributed by atoms with van der Waals surface area (Å²) in [6.07, 6.45) is 0. The number of nitrogens with one attached hydrogen (secondary N) is 1. The van der Waals surface area contributed by atoms with E-state index in [0.717, 1.165) is 13.1 Å². The first-order chi connectivity index (χ1) is 8.50. The Labute approximate surface area is 136 Å². The van der Waals surface area contributed by atoms with Gasteiger partial charge in [-0.25, -0.2) is 4.39 Å². The van der Waals surface area contributed by atoms with Gasteiger partial charge >= 0.3 is 0 Å². The summed E-state index contributed by atoms with van der Waals surface area (Å²) in [5.74, 6) is -0.530. The third-order valence-corrected chi connectivity index (χ3v) is 4.14. The third-order valence-electron chi connectivity index (χ3n) is 3.00. The highest BCUT2D eigenvalue weighted by Gasteiger charge is 2.26. The summed E-state index contributed by atoms with van der Waals surface area (Å²) in [6.45, 7) is 4.16. The van der Waals surface area contributed by atoms with E-state index in [0.29, 0.717) is 15.7 Å². The molecule has 1 heterocycles. The molecule has 1 aliphatic rings. The lowest BCUT2D eigenvalue weighted by molar-refractivity contribution is 0.0656. The minimum atomic E-state index is -0.398. The molecule has 0 aliphatic carbocycles. The average molecular weight is 419 g/mol. The number of benzene rings is 1. The molecule has 1 aromatic carbocycles. The second-order valence-corrected chi connectivity index (χ2v) is 5.87. The van der Waals surface area contributed by atoms with E-state index in [4.69, 9.17) is 11.6 Å². The number of hydrogen-bond acceptors (Lipinski definition) is 2. The second-order valence-electron chi connectivity index (χ2n) is 4.30. The van der Waals surface area contributed by atoms with Crippen LogP contribution >= 0.6 is 46.6 Å². The monoisotopic (exact) mass is 418 g/mol. The van der Waals surface area contributed by atoms with Gasteiger partial charge in [0, 0.05) is 29.2 Å². The van der Waals surface area contributed by atoms with E-state index in [1.54, 1.807) is 4.90 Å². The van der Waals surface area contributed by atoms with Gasteiger partial charge in [-0.15, -0.1) is 12.4 Å². The number of rotatable bonds is 1. The van der Waals surface area contributed by atoms with Crippen LogP contribution in [0.3, 0.4) is 0 Å². The van der Waals surface area contributed by atoms with Crippen molar-refractivity contribution in [3.63, 3.8) is 0 Å². The zero-order valence-electron chi connectivity index (χ0n) is 10.3. The number of carbonyl (C=O) groups excluding carboxylic acids is 1. The van der Waals surface area contributed by atoms with Gasteiger partial charge in [-0.3, -0.25) is 4.79 Å². The van der Waals surface area contributed by atoms with Gasteiger partial charge in [-0.05, 0) is 41.6 Å². The van der Waals surface area contributed by atoms with Crippen molar-refractivity contribution >= 4 is 52.5 Å². The Morgan fingerprint density at radius 2 is 2.26 bits per heavy atom. The normalized spacial score (nSPS) is 18.9. The number of halogens is 4. The molecule has 0 spiro atoms. The van der Waals surface area contributed by atoms with Crippen molar-refractivity contribution in [2.75, 3.05) is 19.6 Å². The Bertz CT molecular complexity index is 487. The largest absolute Gasteiger partial charge is 0.333 e. The lowest BCUT2D eigenvalue weighted by atomic mass is 10.1. The molecule has 2 rings (SSSR count). The van der Waals surface area contributed by atoms with Crippen LogP contribution in [-0.4, -0.2) is 36.5 Å². The summed E-state index contributed by atoms with van der Waals surface area (Å²) in [5, 5.41) is 3.39. The lowest BCUT2D eigenvalue weighted by Crippen LogP contribution is -2.52. The molecule has 19 heavy (non-hydrogen) atoms. The quantitative estimate of drug-likeness (QED) is 0.561. The molecule has 0 saturated carbocycles. The van der Waals surface area contributed by atoms with Crippen LogP contribution in [0.1, 0.15) is 17.3 Å². The Morgan fingerprint density at radius 3 is 2.89 bits per heavy atom. The number of amides is 1. The number of carbonyl (C=O) groups is 1. The van der Waals surface area contributed by atoms with Gasteiger partial charge in [0.2, 0.25) is 0 Å². The molecular formula is C12H14Cl2FIN2O. The topological polar surface area (TPSA) is 32.3 Å². The molecule has 1 amide bonds. The van der Waals surface area contributed by atoms with E-state index in [9.17, 15) is 9.18 Å². The van der Waals surface area contributed by atoms with Gasteiger partial charge in [-0.2, -0.15) is 0 Å². The minimum absolute atomic E-state index is 0. The van der Waals surface area contributed by atoms with Gasteiger partial charge in [0.1, 0.15) is 5.82 Å². The first-order valence-corrected chi connectivity index (χ1v) is 7.12. The molecule has 1 N–H and O–H groups in total. The third kappa shape index (κ3) is 3.71. The van der Waals surface area contributed by atoms with Crippen LogP contribution in [0.25, 0.3) is 0 Å². The zero-order valence-corrected chi connectivity index (χ0v) is 14.0. The number of piperazine rings is 1. The Balaban J connectivity index is 0.00000180. The lowest BCUT2D eigenvalue weighted by Gasteiger charge is -2.34. The first-order valence-electron chi connectivity index (χ1n) is 5.67. The molecule has 1 saturated heterocycles. The SMILES string of the molecule is C[C@@H]1CNCCN1C(=O)c1cc(I)c(F)cc1Cl.Cl. The standard InChI is InChI=1S/C12H13ClFIN2O.ClH/c1-7-6-16-2-3-17(7)12(18)8-4-11(15)10(14)5-9(8)13;/h4-5,7,16H,2-3,6H2,1H3;1H/t7-;/m1./s1. The molecular weight excluding hydrogens is 405 g/mol. The number of nitrogens with zero attached hydrogens (tertiary/aromatic N) is 1. The highest BCUT2D eigenvalue weighted by atomic mass is 127. The Kier molecular flexibility index (Phi) is 6.29. The summed E-state index contributed by atoms with van der Waals surface area (Å²) < 4.78 is 13.7. The van der Waals surface area contributed by atoms with Crippen molar-refractivity contribution in [3.8, 4) is 0 Å². The maximum atomic E-state index is 13.3. The van der Waals surface area contributed by atoms with Crippen molar-refractivity contribution < 1.29 is 9.18 Å². The van der Waals surface area contributed by atoms with E-state index < -0.39 is 5.82 Å². The van der Waals surface area contributed by atoms with Crippen molar-refractivity contribution in [3.05, 3.63) is 32.1 Å². The Morgan fingerprint density at radius 1 is 1.58 bits per heavy atom.